The molecule has 0 spiro atoms. The Kier molecular flexibility index (Phi) is 5.93. The van der Waals surface area contributed by atoms with E-state index in [4.69, 9.17) is 9.47 Å². The Morgan fingerprint density at radius 3 is 2.68 bits per heavy atom. The quantitative estimate of drug-likeness (QED) is 0.803. The monoisotopic (exact) mass is 263 g/mol. The van der Waals surface area contributed by atoms with Crippen LogP contribution in [-0.4, -0.2) is 25.7 Å². The second kappa shape index (κ2) is 7.46. The number of ether oxygens (including phenoxy) is 2. The minimum absolute atomic E-state index is 0.0885. The second-order valence-corrected chi connectivity index (χ2v) is 4.30. The first-order valence-electron chi connectivity index (χ1n) is 6.37. The molecule has 0 fully saturated rings. The first-order chi connectivity index (χ1) is 9.06. The van der Waals surface area contributed by atoms with Gasteiger partial charge in [0.1, 0.15) is 0 Å². The van der Waals surface area contributed by atoms with E-state index in [1.807, 2.05) is 39.0 Å². The molecule has 0 saturated heterocycles. The molecule has 0 aromatic heterocycles. The van der Waals surface area contributed by atoms with E-state index in [1.54, 1.807) is 13.2 Å². The Labute approximate surface area is 114 Å². The molecule has 4 nitrogen and oxygen atoms in total. The smallest absolute Gasteiger partial charge is 0.243 e. The number of amides is 1. The van der Waals surface area contributed by atoms with Crippen molar-refractivity contribution < 1.29 is 14.3 Å². The summed E-state index contributed by atoms with van der Waals surface area (Å²) in [6.07, 6.45) is 3.33. The van der Waals surface area contributed by atoms with E-state index >= 15 is 0 Å². The molecule has 0 atom stereocenters. The molecule has 4 heteroatoms. The number of hydrogen-bond acceptors (Lipinski definition) is 3. The molecule has 0 aliphatic carbocycles. The minimum Gasteiger partial charge on any atom is -0.493 e. The molecule has 0 saturated carbocycles. The maximum absolute atomic E-state index is 11.3. The van der Waals surface area contributed by atoms with Crippen LogP contribution >= 0.6 is 0 Å². The lowest BCUT2D eigenvalue weighted by molar-refractivity contribution is -0.116. The number of hydrogen-bond donors (Lipinski definition) is 1. The highest BCUT2D eigenvalue weighted by Crippen LogP contribution is 2.29. The van der Waals surface area contributed by atoms with Crippen LogP contribution in [0.25, 0.3) is 6.08 Å². The highest BCUT2D eigenvalue weighted by atomic mass is 16.5. The molecule has 0 heterocycles. The van der Waals surface area contributed by atoms with Gasteiger partial charge in [0, 0.05) is 12.6 Å². The lowest BCUT2D eigenvalue weighted by atomic mass is 10.2. The van der Waals surface area contributed by atoms with Crippen LogP contribution < -0.4 is 14.8 Å². The topological polar surface area (TPSA) is 47.6 Å². The highest BCUT2D eigenvalue weighted by molar-refractivity contribution is 5.91. The van der Waals surface area contributed by atoms with Gasteiger partial charge in [-0.25, -0.2) is 0 Å². The largest absolute Gasteiger partial charge is 0.493 e. The summed E-state index contributed by atoms with van der Waals surface area (Å²) in [5, 5.41) is 2.70. The van der Waals surface area contributed by atoms with Crippen molar-refractivity contribution in [2.45, 2.75) is 26.9 Å². The maximum atomic E-state index is 11.3. The predicted octanol–water partition coefficient (Wildman–Crippen LogP) is 2.63. The third kappa shape index (κ3) is 5.04. The molecule has 1 N–H and O–H groups in total. The molecule has 0 aliphatic rings. The van der Waals surface area contributed by atoms with Crippen molar-refractivity contribution in [3.05, 3.63) is 29.8 Å². The zero-order valence-corrected chi connectivity index (χ0v) is 11.9. The molecule has 0 unspecified atom stereocenters. The zero-order valence-electron chi connectivity index (χ0n) is 11.9. The molecule has 1 aromatic carbocycles. The third-order valence-electron chi connectivity index (χ3n) is 2.33. The summed E-state index contributed by atoms with van der Waals surface area (Å²) in [5.74, 6) is 1.25. The number of methoxy groups -OCH3 is 1. The van der Waals surface area contributed by atoms with Crippen LogP contribution in [0.3, 0.4) is 0 Å². The van der Waals surface area contributed by atoms with E-state index in [0.717, 1.165) is 5.56 Å². The van der Waals surface area contributed by atoms with Crippen molar-refractivity contribution in [1.29, 1.82) is 0 Å². The molecule has 19 heavy (non-hydrogen) atoms. The van der Waals surface area contributed by atoms with Crippen molar-refractivity contribution in [1.82, 2.24) is 5.32 Å². The highest BCUT2D eigenvalue weighted by Gasteiger charge is 2.06. The van der Waals surface area contributed by atoms with Crippen LogP contribution in [0.4, 0.5) is 0 Å². The number of nitrogens with one attached hydrogen (secondary N) is 1. The SMILES string of the molecule is CCNC(=O)/C=C/c1ccc(OC(C)C)c(OC)c1. The van der Waals surface area contributed by atoms with Gasteiger partial charge in [-0.3, -0.25) is 4.79 Å². The van der Waals surface area contributed by atoms with Gasteiger partial charge in [-0.1, -0.05) is 6.07 Å². The summed E-state index contributed by atoms with van der Waals surface area (Å²) in [6.45, 7) is 6.42. The summed E-state index contributed by atoms with van der Waals surface area (Å²) < 4.78 is 10.9. The molecule has 0 bridgehead atoms. The number of benzene rings is 1. The molecule has 1 amide bonds. The summed E-state index contributed by atoms with van der Waals surface area (Å²) in [7, 11) is 1.60. The lowest BCUT2D eigenvalue weighted by Crippen LogP contribution is -2.19. The molecule has 0 aliphatic heterocycles. The number of carbonyl (C=O) groups is 1. The van der Waals surface area contributed by atoms with Crippen molar-refractivity contribution in [2.24, 2.45) is 0 Å². The number of rotatable bonds is 6. The average Bonchev–Trinajstić information content (AvgIpc) is 2.37. The molecule has 104 valence electrons. The summed E-state index contributed by atoms with van der Waals surface area (Å²) in [4.78, 5) is 11.3. The van der Waals surface area contributed by atoms with Crippen LogP contribution in [0.1, 0.15) is 26.3 Å². The molecule has 1 rings (SSSR count). The fourth-order valence-corrected chi connectivity index (χ4v) is 1.54. The van der Waals surface area contributed by atoms with E-state index in [0.29, 0.717) is 18.0 Å². The normalized spacial score (nSPS) is 10.8. The van der Waals surface area contributed by atoms with E-state index in [1.165, 1.54) is 6.08 Å². The van der Waals surface area contributed by atoms with Gasteiger partial charge in [-0.2, -0.15) is 0 Å². The van der Waals surface area contributed by atoms with Gasteiger partial charge >= 0.3 is 0 Å². The van der Waals surface area contributed by atoms with Gasteiger partial charge in [0.25, 0.3) is 0 Å². The third-order valence-corrected chi connectivity index (χ3v) is 2.33. The van der Waals surface area contributed by atoms with Crippen molar-refractivity contribution in [3.8, 4) is 11.5 Å². The molecule has 0 radical (unpaired) electrons. The maximum Gasteiger partial charge on any atom is 0.243 e. The van der Waals surface area contributed by atoms with Crippen molar-refractivity contribution >= 4 is 12.0 Å². The molecular weight excluding hydrogens is 242 g/mol. The first kappa shape index (κ1) is 15.1. The Morgan fingerprint density at radius 1 is 1.37 bits per heavy atom. The van der Waals surface area contributed by atoms with Gasteiger partial charge in [0.15, 0.2) is 11.5 Å². The summed E-state index contributed by atoms with van der Waals surface area (Å²) >= 11 is 0. The Morgan fingerprint density at radius 2 is 2.11 bits per heavy atom. The van der Waals surface area contributed by atoms with Gasteiger partial charge < -0.3 is 14.8 Å². The van der Waals surface area contributed by atoms with Crippen LogP contribution in [0.15, 0.2) is 24.3 Å². The zero-order chi connectivity index (χ0) is 14.3. The number of likely N-dealkylation sites (N-methyl/N-ethyl adjacent to an activating group) is 1. The standard InChI is InChI=1S/C15H21NO3/c1-5-16-15(17)9-7-12-6-8-13(19-11(2)3)14(10-12)18-4/h6-11H,5H2,1-4H3,(H,16,17)/b9-7+. The average molecular weight is 263 g/mol. The van der Waals surface area contributed by atoms with Crippen LogP contribution in [-0.2, 0) is 4.79 Å². The minimum atomic E-state index is -0.107. The van der Waals surface area contributed by atoms with Gasteiger partial charge in [0.2, 0.25) is 5.91 Å². The summed E-state index contributed by atoms with van der Waals surface area (Å²) in [6, 6.07) is 5.57. The fourth-order valence-electron chi connectivity index (χ4n) is 1.54. The van der Waals surface area contributed by atoms with Gasteiger partial charge in [-0.15, -0.1) is 0 Å². The Balaban J connectivity index is 2.84. The predicted molar refractivity (Wildman–Crippen MR) is 76.5 cm³/mol. The van der Waals surface area contributed by atoms with E-state index < -0.39 is 0 Å². The number of carbonyl (C=O) groups excluding carboxylic acids is 1. The van der Waals surface area contributed by atoms with Crippen molar-refractivity contribution in [3.63, 3.8) is 0 Å². The van der Waals surface area contributed by atoms with E-state index in [9.17, 15) is 4.79 Å². The van der Waals surface area contributed by atoms with E-state index in [-0.39, 0.29) is 12.0 Å². The van der Waals surface area contributed by atoms with E-state index in [2.05, 4.69) is 5.32 Å². The first-order valence-corrected chi connectivity index (χ1v) is 6.37. The molecular formula is C15H21NO3. The van der Waals surface area contributed by atoms with Crippen LogP contribution in [0.2, 0.25) is 0 Å². The second-order valence-electron chi connectivity index (χ2n) is 4.30. The lowest BCUT2D eigenvalue weighted by Gasteiger charge is -2.13. The van der Waals surface area contributed by atoms with Crippen LogP contribution in [0, 0.1) is 0 Å². The van der Waals surface area contributed by atoms with Gasteiger partial charge in [0.05, 0.1) is 13.2 Å². The Hall–Kier alpha value is -1.97. The summed E-state index contributed by atoms with van der Waals surface area (Å²) in [5.41, 5.74) is 0.888. The van der Waals surface area contributed by atoms with Crippen molar-refractivity contribution in [2.75, 3.05) is 13.7 Å². The fraction of sp³-hybridized carbons (Fsp3) is 0.400. The molecule has 1 aromatic rings. The van der Waals surface area contributed by atoms with Gasteiger partial charge in [-0.05, 0) is 44.5 Å². The Bertz CT molecular complexity index is 453. The van der Waals surface area contributed by atoms with Crippen LogP contribution in [0.5, 0.6) is 11.5 Å².